The summed E-state index contributed by atoms with van der Waals surface area (Å²) in [5.74, 6) is -2.08. The van der Waals surface area contributed by atoms with Crippen LogP contribution in [0.1, 0.15) is 33.2 Å². The first-order chi connectivity index (χ1) is 16.4. The average Bonchev–Trinajstić information content (AvgIpc) is 2.71. The molecule has 0 bridgehead atoms. The maximum Gasteiger partial charge on any atom is 0.432 e. The number of amides is 2. The van der Waals surface area contributed by atoms with Crippen molar-refractivity contribution in [1.82, 2.24) is 5.32 Å². The van der Waals surface area contributed by atoms with Gasteiger partial charge < -0.3 is 10.6 Å². The molecule has 2 aromatic rings. The zero-order valence-corrected chi connectivity index (χ0v) is 22.1. The highest BCUT2D eigenvalue weighted by Crippen LogP contribution is 2.48. The topological polar surface area (TPSA) is 92.3 Å². The molecule has 6 nitrogen and oxygen atoms in total. The van der Waals surface area contributed by atoms with E-state index in [-0.39, 0.29) is 22.6 Å². The van der Waals surface area contributed by atoms with E-state index in [4.69, 9.17) is 11.6 Å². The van der Waals surface area contributed by atoms with Crippen molar-refractivity contribution in [3.8, 4) is 0 Å². The van der Waals surface area contributed by atoms with E-state index < -0.39 is 56.6 Å². The molecule has 2 N–H and O–H groups in total. The molecule has 2 amide bonds. The van der Waals surface area contributed by atoms with Crippen molar-refractivity contribution in [1.29, 1.82) is 0 Å². The molecule has 0 fully saturated rings. The van der Waals surface area contributed by atoms with Gasteiger partial charge in [0, 0.05) is 21.4 Å². The molecule has 0 saturated heterocycles. The molecule has 0 saturated carbocycles. The number of alkyl halides is 6. The molecule has 0 aliphatic rings. The molecule has 2 atom stereocenters. The van der Waals surface area contributed by atoms with Crippen LogP contribution in [-0.2, 0) is 15.5 Å². The van der Waals surface area contributed by atoms with E-state index in [1.54, 1.807) is 22.6 Å². The number of benzene rings is 2. The van der Waals surface area contributed by atoms with Gasteiger partial charge in [-0.15, -0.1) is 0 Å². The minimum Gasteiger partial charge on any atom is -0.349 e. The van der Waals surface area contributed by atoms with Gasteiger partial charge in [0.2, 0.25) is 0 Å². The Morgan fingerprint density at radius 3 is 2.19 bits per heavy atom. The maximum absolute atomic E-state index is 14.3. The summed E-state index contributed by atoms with van der Waals surface area (Å²) in [4.78, 5) is 25.7. The molecule has 36 heavy (non-hydrogen) atoms. The lowest BCUT2D eigenvalue weighted by Gasteiger charge is -2.27. The first-order valence-corrected chi connectivity index (χ1v) is 13.3. The highest BCUT2D eigenvalue weighted by molar-refractivity contribution is 14.1. The number of rotatable bonds is 8. The third-order valence-electron chi connectivity index (χ3n) is 4.77. The van der Waals surface area contributed by atoms with Gasteiger partial charge >= 0.3 is 6.18 Å². The molecular weight excluding hydrogens is 653 g/mol. The zero-order chi connectivity index (χ0) is 27.6. The van der Waals surface area contributed by atoms with E-state index >= 15 is 0 Å². The Morgan fingerprint density at radius 2 is 1.69 bits per heavy atom. The molecule has 0 spiro atoms. The van der Waals surface area contributed by atoms with E-state index in [0.29, 0.717) is 15.7 Å². The van der Waals surface area contributed by atoms with Crippen molar-refractivity contribution in [2.45, 2.75) is 31.2 Å². The van der Waals surface area contributed by atoms with Gasteiger partial charge in [-0.2, -0.15) is 13.2 Å². The number of carbonyl (C=O) groups excluding carboxylic acids is 2. The predicted molar refractivity (Wildman–Crippen MR) is 130 cm³/mol. The van der Waals surface area contributed by atoms with Crippen molar-refractivity contribution < 1.29 is 44.3 Å². The summed E-state index contributed by atoms with van der Waals surface area (Å²) in [6.45, 7) is 1.45. The van der Waals surface area contributed by atoms with Gasteiger partial charge in [0.25, 0.3) is 23.9 Å². The highest BCUT2D eigenvalue weighted by Gasteiger charge is 2.64. The lowest BCUT2D eigenvalue weighted by Crippen LogP contribution is -2.44. The summed E-state index contributed by atoms with van der Waals surface area (Å²) in [5.41, 5.74) is -7.10. The lowest BCUT2D eigenvalue weighted by molar-refractivity contribution is -0.274. The van der Waals surface area contributed by atoms with E-state index in [0.717, 1.165) is 12.3 Å². The number of hydrogen-bond donors (Lipinski definition) is 2. The Bertz CT molecular complexity index is 1280. The van der Waals surface area contributed by atoms with Crippen molar-refractivity contribution in [2.75, 3.05) is 17.3 Å². The molecule has 2 rings (SSSR count). The van der Waals surface area contributed by atoms with Crippen LogP contribution < -0.4 is 10.6 Å². The molecule has 0 aromatic heterocycles. The molecular formula is C21H18ClF6IN2O4S. The Balaban J connectivity index is 2.37. The second-order valence-electron chi connectivity index (χ2n) is 7.79. The van der Waals surface area contributed by atoms with Crippen molar-refractivity contribution in [2.24, 2.45) is 0 Å². The van der Waals surface area contributed by atoms with Gasteiger partial charge in [-0.3, -0.25) is 9.59 Å². The number of sulfone groups is 1. The standard InChI is InChI=1S/C21H18ClF6IN2O4S/c1-10(9-36(2,34)35)30-18(33)16-12(4-3-5-14(16)29)17(32)31-15-7-6-11(8-13(15)22)20(25,19(23)24)21(26,27)28/h3-8,10,19H,9H2,1-2H3,(H,30,33)(H,31,32)/t10-,20?/m0/s1. The molecule has 0 aliphatic heterocycles. The van der Waals surface area contributed by atoms with Crippen molar-refractivity contribution >= 4 is 61.5 Å². The fourth-order valence-electron chi connectivity index (χ4n) is 3.18. The van der Waals surface area contributed by atoms with Crippen LogP contribution in [0.5, 0.6) is 0 Å². The largest absolute Gasteiger partial charge is 0.432 e. The number of hydrogen-bond acceptors (Lipinski definition) is 4. The predicted octanol–water partition coefficient (Wildman–Crippen LogP) is 5.35. The van der Waals surface area contributed by atoms with Crippen molar-refractivity contribution in [3.63, 3.8) is 0 Å². The van der Waals surface area contributed by atoms with Crippen LogP contribution in [0.25, 0.3) is 0 Å². The molecule has 1 unspecified atom stereocenters. The number of anilines is 1. The SMILES string of the molecule is C[C@@H](CS(C)(=O)=O)NC(=O)c1c(I)cccc1C(=O)Nc1ccc(C(F)(C(F)F)C(F)(F)F)cc1Cl. The first kappa shape index (κ1) is 30.2. The van der Waals surface area contributed by atoms with Crippen LogP contribution in [0.2, 0.25) is 5.02 Å². The van der Waals surface area contributed by atoms with Crippen LogP contribution in [0.3, 0.4) is 0 Å². The maximum atomic E-state index is 14.3. The number of halogens is 8. The minimum atomic E-state index is -5.94. The van der Waals surface area contributed by atoms with E-state index in [2.05, 4.69) is 10.6 Å². The molecule has 2 aromatic carbocycles. The Kier molecular flexibility index (Phi) is 9.32. The molecule has 0 heterocycles. The van der Waals surface area contributed by atoms with Crippen LogP contribution in [0, 0.1) is 3.57 Å². The van der Waals surface area contributed by atoms with Gasteiger partial charge in [0.1, 0.15) is 9.84 Å². The van der Waals surface area contributed by atoms with E-state index in [1.807, 2.05) is 0 Å². The lowest BCUT2D eigenvalue weighted by atomic mass is 9.95. The van der Waals surface area contributed by atoms with Crippen LogP contribution in [-0.4, -0.2) is 50.9 Å². The summed E-state index contributed by atoms with van der Waals surface area (Å²) in [6.07, 6.45) is -9.39. The Labute approximate surface area is 220 Å². The van der Waals surface area contributed by atoms with Gasteiger partial charge in [-0.25, -0.2) is 21.6 Å². The molecule has 0 aliphatic carbocycles. The van der Waals surface area contributed by atoms with Gasteiger partial charge in [-0.1, -0.05) is 23.7 Å². The summed E-state index contributed by atoms with van der Waals surface area (Å²) < 4.78 is 103. The highest BCUT2D eigenvalue weighted by atomic mass is 127. The van der Waals surface area contributed by atoms with Crippen LogP contribution in [0.15, 0.2) is 36.4 Å². The monoisotopic (exact) mass is 670 g/mol. The third-order valence-corrected chi connectivity index (χ3v) is 7.08. The minimum absolute atomic E-state index is 0.124. The fraction of sp³-hybridized carbons (Fsp3) is 0.333. The van der Waals surface area contributed by atoms with Crippen molar-refractivity contribution in [3.05, 3.63) is 61.7 Å². The molecule has 0 radical (unpaired) electrons. The summed E-state index contributed by atoms with van der Waals surface area (Å²) >= 11 is 7.62. The van der Waals surface area contributed by atoms with E-state index in [9.17, 15) is 44.3 Å². The normalized spacial score (nSPS) is 14.8. The summed E-state index contributed by atoms with van der Waals surface area (Å²) in [5, 5.41) is 4.05. The van der Waals surface area contributed by atoms with Crippen LogP contribution >= 0.6 is 34.2 Å². The average molecular weight is 671 g/mol. The van der Waals surface area contributed by atoms with Gasteiger partial charge in [-0.05, 0) is 53.8 Å². The second-order valence-corrected chi connectivity index (χ2v) is 11.5. The fourth-order valence-corrected chi connectivity index (χ4v) is 5.14. The summed E-state index contributed by atoms with van der Waals surface area (Å²) in [7, 11) is -3.42. The second kappa shape index (κ2) is 11.1. The van der Waals surface area contributed by atoms with Gasteiger partial charge in [0.15, 0.2) is 0 Å². The smallest absolute Gasteiger partial charge is 0.349 e. The zero-order valence-electron chi connectivity index (χ0n) is 18.4. The molecule has 15 heteroatoms. The number of nitrogens with one attached hydrogen (secondary N) is 2. The third kappa shape index (κ3) is 6.82. The van der Waals surface area contributed by atoms with E-state index in [1.165, 1.54) is 25.1 Å². The Hall–Kier alpha value is -2.07. The number of carbonyl (C=O) groups is 2. The quantitative estimate of drug-likeness (QED) is 0.293. The first-order valence-electron chi connectivity index (χ1n) is 9.80. The van der Waals surface area contributed by atoms with Crippen LogP contribution in [0.4, 0.5) is 32.0 Å². The summed E-state index contributed by atoms with van der Waals surface area (Å²) in [6, 6.07) is 4.84. The molecule has 198 valence electrons. The Morgan fingerprint density at radius 1 is 1.08 bits per heavy atom. The van der Waals surface area contributed by atoms with Gasteiger partial charge in [0.05, 0.1) is 27.6 Å².